The number of thiazole rings is 1. The van der Waals surface area contributed by atoms with Crippen LogP contribution >= 0.6 is 34.5 Å². The molecule has 2 rings (SSSR count). The molecule has 96 valence electrons. The molecule has 1 heterocycles. The number of benzene rings is 1. The molecule has 0 amide bonds. The highest BCUT2D eigenvalue weighted by Gasteiger charge is 2.09. The minimum atomic E-state index is 0.0324. The molecule has 6 heteroatoms. The van der Waals surface area contributed by atoms with E-state index in [2.05, 4.69) is 36.3 Å². The fourth-order valence-electron chi connectivity index (χ4n) is 1.29. The maximum atomic E-state index is 6.08. The van der Waals surface area contributed by atoms with E-state index in [1.807, 2.05) is 12.3 Å². The van der Waals surface area contributed by atoms with Crippen molar-refractivity contribution < 1.29 is 0 Å². The van der Waals surface area contributed by atoms with Crippen LogP contribution in [-0.4, -0.2) is 11.2 Å². The van der Waals surface area contributed by atoms with Crippen LogP contribution in [0.3, 0.4) is 0 Å². The number of halogens is 2. The van der Waals surface area contributed by atoms with Crippen molar-refractivity contribution in [3.8, 4) is 0 Å². The number of anilines is 1. The Morgan fingerprint density at radius 2 is 2.06 bits per heavy atom. The molecule has 0 fully saturated rings. The van der Waals surface area contributed by atoms with E-state index >= 15 is 0 Å². The third kappa shape index (κ3) is 3.34. The van der Waals surface area contributed by atoms with Crippen molar-refractivity contribution in [3.63, 3.8) is 0 Å². The first-order valence-corrected chi connectivity index (χ1v) is 6.98. The Balaban J connectivity index is 2.26. The number of fused-ring (bicyclic) bond motifs is 1. The monoisotopic (exact) mass is 301 g/mol. The normalized spacial score (nSPS) is 12.5. The summed E-state index contributed by atoms with van der Waals surface area (Å²) < 4.78 is 0.945. The molecule has 1 N–H and O–H groups in total. The summed E-state index contributed by atoms with van der Waals surface area (Å²) in [5, 5.41) is 6.03. The van der Waals surface area contributed by atoms with Crippen LogP contribution in [0.5, 0.6) is 0 Å². The summed E-state index contributed by atoms with van der Waals surface area (Å²) in [6.45, 7) is 6.23. The standard InChI is InChI=1S/C12H13Cl2N3S/c1-12(2,3)6-15-17-11-16-10-8(14)4-7(13)5-9(10)18-11/h4-6H,1-3H3,(H,16,17). The molecule has 3 nitrogen and oxygen atoms in total. The van der Waals surface area contributed by atoms with Gasteiger partial charge in [-0.05, 0) is 17.5 Å². The summed E-state index contributed by atoms with van der Waals surface area (Å²) in [6.07, 6.45) is 1.84. The number of hydrogen-bond donors (Lipinski definition) is 1. The molecule has 1 aromatic heterocycles. The maximum Gasteiger partial charge on any atom is 0.204 e. The van der Waals surface area contributed by atoms with Crippen molar-refractivity contribution >= 4 is 56.1 Å². The Morgan fingerprint density at radius 1 is 1.33 bits per heavy atom. The average molecular weight is 302 g/mol. The number of nitrogens with zero attached hydrogens (tertiary/aromatic N) is 2. The Morgan fingerprint density at radius 3 is 2.72 bits per heavy atom. The predicted molar refractivity (Wildman–Crippen MR) is 81.2 cm³/mol. The fraction of sp³-hybridized carbons (Fsp3) is 0.333. The molecule has 0 aliphatic rings. The van der Waals surface area contributed by atoms with Crippen LogP contribution < -0.4 is 5.43 Å². The van der Waals surface area contributed by atoms with Gasteiger partial charge in [-0.1, -0.05) is 55.3 Å². The second-order valence-electron chi connectivity index (χ2n) is 4.99. The molecule has 0 bridgehead atoms. The van der Waals surface area contributed by atoms with E-state index in [-0.39, 0.29) is 5.41 Å². The zero-order valence-corrected chi connectivity index (χ0v) is 12.6. The maximum absolute atomic E-state index is 6.08. The van der Waals surface area contributed by atoms with Gasteiger partial charge in [0.2, 0.25) is 5.13 Å². The summed E-state index contributed by atoms with van der Waals surface area (Å²) in [5.41, 5.74) is 3.69. The van der Waals surface area contributed by atoms with Gasteiger partial charge in [-0.3, -0.25) is 5.43 Å². The van der Waals surface area contributed by atoms with Gasteiger partial charge in [-0.15, -0.1) is 0 Å². The van der Waals surface area contributed by atoms with Gasteiger partial charge in [0, 0.05) is 11.2 Å². The Hall–Kier alpha value is -0.840. The average Bonchev–Trinajstić information content (AvgIpc) is 2.58. The molecule has 0 atom stereocenters. The molecule has 2 aromatic rings. The smallest absolute Gasteiger partial charge is 0.204 e. The second-order valence-corrected chi connectivity index (χ2v) is 6.86. The molecular formula is C12H13Cl2N3S. The van der Waals surface area contributed by atoms with Crippen LogP contribution in [0.4, 0.5) is 5.13 Å². The number of hydrogen-bond acceptors (Lipinski definition) is 4. The van der Waals surface area contributed by atoms with Crippen LogP contribution in [0, 0.1) is 5.41 Å². The highest BCUT2D eigenvalue weighted by atomic mass is 35.5. The zero-order valence-electron chi connectivity index (χ0n) is 10.3. The molecule has 1 aromatic carbocycles. The van der Waals surface area contributed by atoms with Gasteiger partial charge in [0.25, 0.3) is 0 Å². The van der Waals surface area contributed by atoms with Crippen molar-refractivity contribution in [2.45, 2.75) is 20.8 Å². The highest BCUT2D eigenvalue weighted by molar-refractivity contribution is 7.22. The van der Waals surface area contributed by atoms with Crippen molar-refractivity contribution in [2.24, 2.45) is 10.5 Å². The Labute approximate surface area is 120 Å². The van der Waals surface area contributed by atoms with Crippen molar-refractivity contribution in [1.29, 1.82) is 0 Å². The number of aromatic nitrogens is 1. The van der Waals surface area contributed by atoms with Gasteiger partial charge in [0.1, 0.15) is 5.52 Å². The molecule has 0 saturated carbocycles. The first-order chi connectivity index (χ1) is 8.35. The highest BCUT2D eigenvalue weighted by Crippen LogP contribution is 2.33. The van der Waals surface area contributed by atoms with E-state index in [4.69, 9.17) is 23.2 Å². The lowest BCUT2D eigenvalue weighted by molar-refractivity contribution is 0.606. The lowest BCUT2D eigenvalue weighted by Gasteiger charge is -2.09. The lowest BCUT2D eigenvalue weighted by Crippen LogP contribution is -2.07. The Kier molecular flexibility index (Phi) is 3.80. The number of hydrazone groups is 1. The SMILES string of the molecule is CC(C)(C)C=NNc1nc2c(Cl)cc(Cl)cc2s1. The van der Waals surface area contributed by atoms with Gasteiger partial charge in [0.15, 0.2) is 0 Å². The molecule has 0 spiro atoms. The second kappa shape index (κ2) is 5.03. The third-order valence-electron chi connectivity index (χ3n) is 2.03. The first-order valence-electron chi connectivity index (χ1n) is 5.41. The van der Waals surface area contributed by atoms with Crippen LogP contribution in [-0.2, 0) is 0 Å². The largest absolute Gasteiger partial charge is 0.253 e. The fourth-order valence-corrected chi connectivity index (χ4v) is 2.82. The van der Waals surface area contributed by atoms with E-state index in [0.717, 1.165) is 10.2 Å². The van der Waals surface area contributed by atoms with Gasteiger partial charge in [-0.25, -0.2) is 4.98 Å². The van der Waals surface area contributed by atoms with E-state index in [1.54, 1.807) is 6.07 Å². The minimum Gasteiger partial charge on any atom is -0.253 e. The van der Waals surface area contributed by atoms with Crippen molar-refractivity contribution in [3.05, 3.63) is 22.2 Å². The van der Waals surface area contributed by atoms with E-state index in [9.17, 15) is 0 Å². The quantitative estimate of drug-likeness (QED) is 0.623. The topological polar surface area (TPSA) is 37.3 Å². The predicted octanol–water partition coefficient (Wildman–Crippen LogP) is 5.05. The number of nitrogens with one attached hydrogen (secondary N) is 1. The molecule has 0 aliphatic carbocycles. The molecule has 0 unspecified atom stereocenters. The first kappa shape index (κ1) is 13.6. The lowest BCUT2D eigenvalue weighted by atomic mass is 9.99. The number of rotatable bonds is 2. The molecule has 0 aliphatic heterocycles. The van der Waals surface area contributed by atoms with Gasteiger partial charge in [0.05, 0.1) is 9.72 Å². The van der Waals surface area contributed by atoms with Gasteiger partial charge < -0.3 is 0 Å². The van der Waals surface area contributed by atoms with Crippen LogP contribution in [0.1, 0.15) is 20.8 Å². The van der Waals surface area contributed by atoms with Crippen LogP contribution in [0.15, 0.2) is 17.2 Å². The van der Waals surface area contributed by atoms with E-state index in [0.29, 0.717) is 15.2 Å². The van der Waals surface area contributed by atoms with Crippen molar-refractivity contribution in [2.75, 3.05) is 5.43 Å². The minimum absolute atomic E-state index is 0.0324. The van der Waals surface area contributed by atoms with E-state index < -0.39 is 0 Å². The Bertz CT molecular complexity index is 599. The summed E-state index contributed by atoms with van der Waals surface area (Å²) in [5.74, 6) is 0. The summed E-state index contributed by atoms with van der Waals surface area (Å²) in [7, 11) is 0. The van der Waals surface area contributed by atoms with Crippen LogP contribution in [0.2, 0.25) is 10.0 Å². The summed E-state index contributed by atoms with van der Waals surface area (Å²) >= 11 is 13.5. The van der Waals surface area contributed by atoms with Crippen molar-refractivity contribution in [1.82, 2.24) is 4.98 Å². The zero-order chi connectivity index (χ0) is 13.3. The third-order valence-corrected chi connectivity index (χ3v) is 3.44. The summed E-state index contributed by atoms with van der Waals surface area (Å²) in [6, 6.07) is 3.53. The van der Waals surface area contributed by atoms with Gasteiger partial charge in [-0.2, -0.15) is 5.10 Å². The van der Waals surface area contributed by atoms with E-state index in [1.165, 1.54) is 11.3 Å². The molecule has 18 heavy (non-hydrogen) atoms. The van der Waals surface area contributed by atoms with Gasteiger partial charge >= 0.3 is 0 Å². The summed E-state index contributed by atoms with van der Waals surface area (Å²) in [4.78, 5) is 4.38. The molecular weight excluding hydrogens is 289 g/mol. The van der Waals surface area contributed by atoms with Crippen LogP contribution in [0.25, 0.3) is 10.2 Å². The molecule has 0 saturated heterocycles. The molecule has 0 radical (unpaired) electrons.